The highest BCUT2D eigenvalue weighted by Crippen LogP contribution is 2.20. The van der Waals surface area contributed by atoms with Crippen LogP contribution in [-0.2, 0) is 11.3 Å². The second kappa shape index (κ2) is 5.61. The van der Waals surface area contributed by atoms with Crippen LogP contribution in [0, 0.1) is 0 Å². The summed E-state index contributed by atoms with van der Waals surface area (Å²) in [6.07, 6.45) is 0. The lowest BCUT2D eigenvalue weighted by atomic mass is 10.2. The third kappa shape index (κ3) is 3.28. The van der Waals surface area contributed by atoms with E-state index in [4.69, 9.17) is 26.8 Å². The van der Waals surface area contributed by atoms with E-state index in [2.05, 4.69) is 15.0 Å². The van der Waals surface area contributed by atoms with Gasteiger partial charge in [0, 0.05) is 7.11 Å². The van der Waals surface area contributed by atoms with Crippen molar-refractivity contribution in [3.05, 3.63) is 35.1 Å². The van der Waals surface area contributed by atoms with E-state index in [-0.39, 0.29) is 17.2 Å². The monoisotopic (exact) mass is 266 g/mol. The predicted molar refractivity (Wildman–Crippen MR) is 66.5 cm³/mol. The van der Waals surface area contributed by atoms with Crippen molar-refractivity contribution in [2.45, 2.75) is 6.61 Å². The van der Waals surface area contributed by atoms with Crippen molar-refractivity contribution in [1.29, 1.82) is 0 Å². The standard InChI is InChI=1S/C11H11ClN4O2/c1-17-6-7-3-2-4-8(5-7)18-11-15-9(12)14-10(13)16-11/h2-5H,6H2,1H3,(H2,13,14,15,16). The molecule has 0 aliphatic carbocycles. The molecule has 18 heavy (non-hydrogen) atoms. The third-order valence-electron chi connectivity index (χ3n) is 2.02. The van der Waals surface area contributed by atoms with E-state index in [0.29, 0.717) is 12.4 Å². The fraction of sp³-hybridized carbons (Fsp3) is 0.182. The van der Waals surface area contributed by atoms with Crippen LogP contribution < -0.4 is 10.5 Å². The molecule has 1 aromatic carbocycles. The molecule has 0 atom stereocenters. The summed E-state index contributed by atoms with van der Waals surface area (Å²) in [5.74, 6) is 0.587. The average molecular weight is 267 g/mol. The molecule has 0 radical (unpaired) electrons. The van der Waals surface area contributed by atoms with Crippen LogP contribution in [0.2, 0.25) is 5.28 Å². The second-order valence-electron chi connectivity index (χ2n) is 3.43. The summed E-state index contributed by atoms with van der Waals surface area (Å²) in [6.45, 7) is 0.497. The smallest absolute Gasteiger partial charge is 0.328 e. The first-order valence-electron chi connectivity index (χ1n) is 5.10. The Labute approximate surface area is 109 Å². The molecule has 2 aromatic rings. The van der Waals surface area contributed by atoms with Crippen molar-refractivity contribution >= 4 is 17.5 Å². The van der Waals surface area contributed by atoms with E-state index in [1.54, 1.807) is 13.2 Å². The van der Waals surface area contributed by atoms with Gasteiger partial charge in [0.1, 0.15) is 5.75 Å². The fourth-order valence-corrected chi connectivity index (χ4v) is 1.52. The molecule has 0 spiro atoms. The Morgan fingerprint density at radius 1 is 1.28 bits per heavy atom. The van der Waals surface area contributed by atoms with Gasteiger partial charge in [0.2, 0.25) is 11.2 Å². The SMILES string of the molecule is COCc1cccc(Oc2nc(N)nc(Cl)n2)c1. The number of nitrogens with two attached hydrogens (primary N) is 1. The average Bonchev–Trinajstić information content (AvgIpc) is 2.28. The molecule has 1 heterocycles. The van der Waals surface area contributed by atoms with Crippen LogP contribution in [0.15, 0.2) is 24.3 Å². The normalized spacial score (nSPS) is 10.3. The fourth-order valence-electron chi connectivity index (χ4n) is 1.36. The summed E-state index contributed by atoms with van der Waals surface area (Å²) in [6, 6.07) is 7.41. The van der Waals surface area contributed by atoms with E-state index >= 15 is 0 Å². The number of benzene rings is 1. The summed E-state index contributed by atoms with van der Waals surface area (Å²) >= 11 is 5.66. The van der Waals surface area contributed by atoms with Gasteiger partial charge in [0.15, 0.2) is 0 Å². The van der Waals surface area contributed by atoms with E-state index in [1.807, 2.05) is 18.2 Å². The molecule has 0 aliphatic rings. The number of nitrogens with zero attached hydrogens (tertiary/aromatic N) is 3. The molecule has 0 fully saturated rings. The van der Waals surface area contributed by atoms with Crippen LogP contribution >= 0.6 is 11.6 Å². The molecular formula is C11H11ClN4O2. The molecule has 7 heteroatoms. The molecule has 94 valence electrons. The number of methoxy groups -OCH3 is 1. The number of hydrogen-bond donors (Lipinski definition) is 1. The van der Waals surface area contributed by atoms with E-state index in [1.165, 1.54) is 0 Å². The Balaban J connectivity index is 2.20. The largest absolute Gasteiger partial charge is 0.424 e. The van der Waals surface area contributed by atoms with Gasteiger partial charge in [-0.2, -0.15) is 15.0 Å². The quantitative estimate of drug-likeness (QED) is 0.912. The predicted octanol–water partition coefficient (Wildman–Crippen LogP) is 2.05. The third-order valence-corrected chi connectivity index (χ3v) is 2.19. The highest BCUT2D eigenvalue weighted by Gasteiger charge is 2.05. The Morgan fingerprint density at radius 2 is 2.11 bits per heavy atom. The summed E-state index contributed by atoms with van der Waals surface area (Å²) in [5, 5.41) is -0.00875. The minimum atomic E-state index is -0.00875. The number of nitrogen functional groups attached to an aromatic ring is 1. The van der Waals surface area contributed by atoms with Gasteiger partial charge in [-0.1, -0.05) is 12.1 Å². The maximum Gasteiger partial charge on any atom is 0.328 e. The van der Waals surface area contributed by atoms with Crippen molar-refractivity contribution in [3.8, 4) is 11.8 Å². The van der Waals surface area contributed by atoms with Crippen LogP contribution in [0.5, 0.6) is 11.8 Å². The molecule has 0 saturated carbocycles. The first-order chi connectivity index (χ1) is 8.67. The van der Waals surface area contributed by atoms with Crippen LogP contribution in [0.3, 0.4) is 0 Å². The molecule has 0 amide bonds. The first kappa shape index (κ1) is 12.5. The summed E-state index contributed by atoms with van der Waals surface area (Å²) < 4.78 is 10.5. The molecule has 0 unspecified atom stereocenters. The molecule has 2 rings (SSSR count). The van der Waals surface area contributed by atoms with Crippen LogP contribution in [0.4, 0.5) is 5.95 Å². The second-order valence-corrected chi connectivity index (χ2v) is 3.77. The number of aromatic nitrogens is 3. The van der Waals surface area contributed by atoms with E-state index in [9.17, 15) is 0 Å². The zero-order valence-corrected chi connectivity index (χ0v) is 10.4. The lowest BCUT2D eigenvalue weighted by Crippen LogP contribution is -2.00. The Morgan fingerprint density at radius 3 is 2.83 bits per heavy atom. The van der Waals surface area contributed by atoms with E-state index < -0.39 is 0 Å². The van der Waals surface area contributed by atoms with Crippen molar-refractivity contribution in [3.63, 3.8) is 0 Å². The molecule has 0 saturated heterocycles. The molecule has 0 aliphatic heterocycles. The number of rotatable bonds is 4. The molecule has 1 aromatic heterocycles. The van der Waals surface area contributed by atoms with Gasteiger partial charge in [-0.15, -0.1) is 0 Å². The van der Waals surface area contributed by atoms with Gasteiger partial charge in [-0.05, 0) is 29.3 Å². The summed E-state index contributed by atoms with van der Waals surface area (Å²) in [4.78, 5) is 11.3. The zero-order valence-electron chi connectivity index (χ0n) is 9.63. The van der Waals surface area contributed by atoms with Crippen molar-refractivity contribution in [1.82, 2.24) is 15.0 Å². The zero-order chi connectivity index (χ0) is 13.0. The minimum absolute atomic E-state index is 0.00875. The highest BCUT2D eigenvalue weighted by atomic mass is 35.5. The lowest BCUT2D eigenvalue weighted by molar-refractivity contribution is 0.184. The van der Waals surface area contributed by atoms with Gasteiger partial charge < -0.3 is 15.2 Å². The van der Waals surface area contributed by atoms with Gasteiger partial charge in [-0.3, -0.25) is 0 Å². The number of anilines is 1. The van der Waals surface area contributed by atoms with Crippen molar-refractivity contribution in [2.75, 3.05) is 12.8 Å². The van der Waals surface area contributed by atoms with Gasteiger partial charge in [0.25, 0.3) is 0 Å². The number of hydrogen-bond acceptors (Lipinski definition) is 6. The van der Waals surface area contributed by atoms with Gasteiger partial charge >= 0.3 is 6.01 Å². The van der Waals surface area contributed by atoms with E-state index in [0.717, 1.165) is 5.56 Å². The number of halogens is 1. The van der Waals surface area contributed by atoms with Crippen molar-refractivity contribution in [2.24, 2.45) is 0 Å². The summed E-state index contributed by atoms with van der Waals surface area (Å²) in [7, 11) is 1.62. The Bertz CT molecular complexity index is 530. The molecular weight excluding hydrogens is 256 g/mol. The maximum absolute atomic E-state index is 5.66. The van der Waals surface area contributed by atoms with Gasteiger partial charge in [-0.25, -0.2) is 0 Å². The lowest BCUT2D eigenvalue weighted by Gasteiger charge is -2.06. The Kier molecular flexibility index (Phi) is 3.91. The summed E-state index contributed by atoms with van der Waals surface area (Å²) in [5.41, 5.74) is 6.42. The topological polar surface area (TPSA) is 83.2 Å². The van der Waals surface area contributed by atoms with Crippen molar-refractivity contribution < 1.29 is 9.47 Å². The molecule has 6 nitrogen and oxygen atoms in total. The minimum Gasteiger partial charge on any atom is -0.424 e. The molecule has 2 N–H and O–H groups in total. The Hall–Kier alpha value is -1.92. The van der Waals surface area contributed by atoms with Crippen LogP contribution in [0.1, 0.15) is 5.56 Å². The van der Waals surface area contributed by atoms with Crippen LogP contribution in [-0.4, -0.2) is 22.1 Å². The van der Waals surface area contributed by atoms with Gasteiger partial charge in [0.05, 0.1) is 6.61 Å². The molecule has 0 bridgehead atoms. The highest BCUT2D eigenvalue weighted by molar-refractivity contribution is 6.28. The maximum atomic E-state index is 5.66. The number of ether oxygens (including phenoxy) is 2. The van der Waals surface area contributed by atoms with Crippen LogP contribution in [0.25, 0.3) is 0 Å². The first-order valence-corrected chi connectivity index (χ1v) is 5.48.